The fourth-order valence-corrected chi connectivity index (χ4v) is 1.66. The normalized spacial score (nSPS) is 29.5. The van der Waals surface area contributed by atoms with E-state index in [2.05, 4.69) is 10.3 Å². The van der Waals surface area contributed by atoms with Gasteiger partial charge in [0.15, 0.2) is 0 Å². The molecule has 1 aromatic rings. The quantitative estimate of drug-likeness (QED) is 0.591. The van der Waals surface area contributed by atoms with Gasteiger partial charge in [-0.1, -0.05) is 0 Å². The van der Waals surface area contributed by atoms with Crippen molar-refractivity contribution in [3.05, 3.63) is 18.2 Å². The van der Waals surface area contributed by atoms with E-state index in [9.17, 15) is 5.11 Å². The molecule has 0 saturated carbocycles. The molecule has 0 radical (unpaired) electrons. The van der Waals surface area contributed by atoms with E-state index in [0.29, 0.717) is 6.54 Å². The van der Waals surface area contributed by atoms with Crippen LogP contribution in [0.15, 0.2) is 12.4 Å². The zero-order valence-corrected chi connectivity index (χ0v) is 7.07. The van der Waals surface area contributed by atoms with Crippen LogP contribution in [0, 0.1) is 0 Å². The maximum absolute atomic E-state index is 9.57. The molecule has 0 bridgehead atoms. The van der Waals surface area contributed by atoms with Gasteiger partial charge in [-0.05, 0) is 0 Å². The van der Waals surface area contributed by atoms with Gasteiger partial charge >= 0.3 is 0 Å². The van der Waals surface area contributed by atoms with Crippen LogP contribution in [0.4, 0.5) is 0 Å². The number of hydrogen-bond donors (Lipinski definition) is 2. The van der Waals surface area contributed by atoms with Crippen LogP contribution in [0.5, 0.6) is 0 Å². The molecule has 2 rings (SSSR count). The van der Waals surface area contributed by atoms with Crippen LogP contribution in [-0.4, -0.2) is 33.9 Å². The van der Waals surface area contributed by atoms with Gasteiger partial charge in [0.25, 0.3) is 0 Å². The molecule has 0 amide bonds. The monoisotopic (exact) mass is 167 g/mol. The Bertz CT molecular complexity index is 271. The van der Waals surface area contributed by atoms with Gasteiger partial charge < -0.3 is 15.0 Å². The van der Waals surface area contributed by atoms with Crippen molar-refractivity contribution in [2.45, 2.75) is 12.0 Å². The molecule has 1 aliphatic rings. The minimum atomic E-state index is -0.286. The molecule has 0 spiro atoms. The second kappa shape index (κ2) is 2.88. The van der Waals surface area contributed by atoms with Gasteiger partial charge in [-0.15, -0.1) is 0 Å². The van der Waals surface area contributed by atoms with Gasteiger partial charge in [-0.25, -0.2) is 4.98 Å². The van der Waals surface area contributed by atoms with Gasteiger partial charge in [0.2, 0.25) is 0 Å². The highest BCUT2D eigenvalue weighted by Crippen LogP contribution is 2.20. The third kappa shape index (κ3) is 1.13. The van der Waals surface area contributed by atoms with Gasteiger partial charge in [0, 0.05) is 32.5 Å². The molecule has 2 heterocycles. The summed E-state index contributed by atoms with van der Waals surface area (Å²) in [7, 11) is 1.95. The summed E-state index contributed by atoms with van der Waals surface area (Å²) in [6.07, 6.45) is 3.38. The Morgan fingerprint density at radius 2 is 2.50 bits per heavy atom. The van der Waals surface area contributed by atoms with Crippen molar-refractivity contribution in [2.75, 3.05) is 13.1 Å². The van der Waals surface area contributed by atoms with Crippen LogP contribution < -0.4 is 5.32 Å². The average molecular weight is 167 g/mol. The molecule has 1 saturated heterocycles. The van der Waals surface area contributed by atoms with Crippen molar-refractivity contribution in [1.29, 1.82) is 0 Å². The van der Waals surface area contributed by atoms with Gasteiger partial charge in [-0.3, -0.25) is 0 Å². The van der Waals surface area contributed by atoms with E-state index < -0.39 is 0 Å². The van der Waals surface area contributed by atoms with Crippen molar-refractivity contribution >= 4 is 0 Å². The number of aliphatic hydroxyl groups is 1. The molecule has 2 atom stereocenters. The first-order valence-electron chi connectivity index (χ1n) is 4.15. The zero-order chi connectivity index (χ0) is 8.55. The standard InChI is InChI=1S/C8H13N3O/c1-11-3-2-10-8(11)6-4-9-5-7(6)12/h2-3,6-7,9,12H,4-5H2,1H3/t6-,7-/m1/s1. The molecular weight excluding hydrogens is 154 g/mol. The first-order chi connectivity index (χ1) is 5.79. The number of aryl methyl sites for hydroxylation is 1. The first-order valence-corrected chi connectivity index (χ1v) is 4.15. The topological polar surface area (TPSA) is 50.1 Å². The third-order valence-corrected chi connectivity index (χ3v) is 2.37. The molecule has 66 valence electrons. The zero-order valence-electron chi connectivity index (χ0n) is 7.07. The predicted octanol–water partition coefficient (Wildman–Crippen LogP) is -0.532. The summed E-state index contributed by atoms with van der Waals surface area (Å²) in [6.45, 7) is 1.50. The Morgan fingerprint density at radius 3 is 3.00 bits per heavy atom. The molecule has 2 N–H and O–H groups in total. The van der Waals surface area contributed by atoms with Crippen LogP contribution in [0.1, 0.15) is 11.7 Å². The van der Waals surface area contributed by atoms with E-state index in [4.69, 9.17) is 0 Å². The number of aliphatic hydroxyl groups excluding tert-OH is 1. The highest BCUT2D eigenvalue weighted by Gasteiger charge is 2.28. The Morgan fingerprint density at radius 1 is 1.67 bits per heavy atom. The SMILES string of the molecule is Cn1ccnc1[C@@H]1CNC[C@H]1O. The van der Waals surface area contributed by atoms with Crippen LogP contribution >= 0.6 is 0 Å². The maximum atomic E-state index is 9.57. The average Bonchev–Trinajstić information content (AvgIpc) is 2.59. The predicted molar refractivity (Wildman–Crippen MR) is 44.8 cm³/mol. The lowest BCUT2D eigenvalue weighted by Gasteiger charge is -2.12. The third-order valence-electron chi connectivity index (χ3n) is 2.37. The maximum Gasteiger partial charge on any atom is 0.115 e. The fraction of sp³-hybridized carbons (Fsp3) is 0.625. The van der Waals surface area contributed by atoms with Crippen molar-refractivity contribution in [3.63, 3.8) is 0 Å². The van der Waals surface area contributed by atoms with Crippen LogP contribution in [0.25, 0.3) is 0 Å². The van der Waals surface area contributed by atoms with Gasteiger partial charge in [0.05, 0.1) is 12.0 Å². The summed E-state index contributed by atoms with van der Waals surface area (Å²) in [4.78, 5) is 4.21. The largest absolute Gasteiger partial charge is 0.391 e. The summed E-state index contributed by atoms with van der Waals surface area (Å²) >= 11 is 0. The molecule has 1 aromatic heterocycles. The van der Waals surface area contributed by atoms with E-state index in [0.717, 1.165) is 12.4 Å². The minimum absolute atomic E-state index is 0.157. The van der Waals surface area contributed by atoms with E-state index in [-0.39, 0.29) is 12.0 Å². The Hall–Kier alpha value is -0.870. The van der Waals surface area contributed by atoms with Crippen molar-refractivity contribution < 1.29 is 5.11 Å². The summed E-state index contributed by atoms with van der Waals surface area (Å²) < 4.78 is 1.96. The van der Waals surface area contributed by atoms with E-state index in [1.54, 1.807) is 6.20 Å². The number of nitrogens with zero attached hydrogens (tertiary/aromatic N) is 2. The van der Waals surface area contributed by atoms with Crippen LogP contribution in [0.2, 0.25) is 0 Å². The summed E-state index contributed by atoms with van der Waals surface area (Å²) in [5.41, 5.74) is 0. The molecule has 1 fully saturated rings. The van der Waals surface area contributed by atoms with Crippen molar-refractivity contribution in [1.82, 2.24) is 14.9 Å². The molecule has 12 heavy (non-hydrogen) atoms. The lowest BCUT2D eigenvalue weighted by atomic mass is 10.1. The number of rotatable bonds is 1. The summed E-state index contributed by atoms with van der Waals surface area (Å²) in [5.74, 6) is 1.12. The van der Waals surface area contributed by atoms with Crippen LogP contribution in [0.3, 0.4) is 0 Å². The minimum Gasteiger partial charge on any atom is -0.391 e. The highest BCUT2D eigenvalue weighted by molar-refractivity contribution is 5.06. The summed E-state index contributed by atoms with van der Waals surface area (Å²) in [5, 5.41) is 12.7. The molecule has 0 aliphatic carbocycles. The number of hydrogen-bond acceptors (Lipinski definition) is 3. The lowest BCUT2D eigenvalue weighted by molar-refractivity contribution is 0.173. The number of nitrogens with one attached hydrogen (secondary N) is 1. The van der Waals surface area contributed by atoms with Gasteiger partial charge in [-0.2, -0.15) is 0 Å². The second-order valence-electron chi connectivity index (χ2n) is 3.23. The summed E-state index contributed by atoms with van der Waals surface area (Å²) in [6, 6.07) is 0. The molecule has 4 nitrogen and oxygen atoms in total. The highest BCUT2D eigenvalue weighted by atomic mass is 16.3. The number of aromatic nitrogens is 2. The van der Waals surface area contributed by atoms with Crippen LogP contribution in [-0.2, 0) is 7.05 Å². The second-order valence-corrected chi connectivity index (χ2v) is 3.23. The lowest BCUT2D eigenvalue weighted by Crippen LogP contribution is -2.19. The van der Waals surface area contributed by atoms with E-state index in [1.807, 2.05) is 17.8 Å². The van der Waals surface area contributed by atoms with E-state index >= 15 is 0 Å². The van der Waals surface area contributed by atoms with Gasteiger partial charge in [0.1, 0.15) is 5.82 Å². The Kier molecular flexibility index (Phi) is 1.86. The van der Waals surface area contributed by atoms with Crippen molar-refractivity contribution in [2.24, 2.45) is 7.05 Å². The number of β-amino-alcohol motifs (C(OH)–C–C–N with tert-alkyl or cyclic N) is 1. The van der Waals surface area contributed by atoms with Crippen molar-refractivity contribution in [3.8, 4) is 0 Å². The molecule has 1 aliphatic heterocycles. The molecular formula is C8H13N3O. The van der Waals surface area contributed by atoms with E-state index in [1.165, 1.54) is 0 Å². The first kappa shape index (κ1) is 7.76. The fourth-order valence-electron chi connectivity index (χ4n) is 1.66. The smallest absolute Gasteiger partial charge is 0.115 e. The Balaban J connectivity index is 2.24. The molecule has 0 unspecified atom stereocenters. The number of imidazole rings is 1. The molecule has 0 aromatic carbocycles. The Labute approximate surface area is 71.2 Å². The molecule has 4 heteroatoms.